The summed E-state index contributed by atoms with van der Waals surface area (Å²) in [5.41, 5.74) is 1.09. The van der Waals surface area contributed by atoms with Gasteiger partial charge in [0.15, 0.2) is 0 Å². The molecule has 0 aromatic carbocycles. The summed E-state index contributed by atoms with van der Waals surface area (Å²) in [4.78, 5) is 0. The van der Waals surface area contributed by atoms with Gasteiger partial charge >= 0.3 is 6.18 Å². The van der Waals surface area contributed by atoms with Crippen LogP contribution in [0.2, 0.25) is 0 Å². The van der Waals surface area contributed by atoms with E-state index in [9.17, 15) is 13.2 Å². The summed E-state index contributed by atoms with van der Waals surface area (Å²) >= 11 is 0. The molecule has 0 radical (unpaired) electrons. The molecule has 1 fully saturated rings. The van der Waals surface area contributed by atoms with E-state index >= 15 is 0 Å². The second-order valence-electron chi connectivity index (χ2n) is 5.38. The molecule has 0 spiro atoms. The molecule has 1 unspecified atom stereocenters. The third-order valence-electron chi connectivity index (χ3n) is 4.21. The average molecular weight is 275 g/mol. The SMILES string of the molecule is CNC(Cc1ccoc1)C1CCC(C(F)(F)F)CC1. The Balaban J connectivity index is 1.88. The van der Waals surface area contributed by atoms with Crippen LogP contribution in [-0.4, -0.2) is 19.3 Å². The highest BCUT2D eigenvalue weighted by Crippen LogP contribution is 2.40. The first kappa shape index (κ1) is 14.4. The molecule has 108 valence electrons. The largest absolute Gasteiger partial charge is 0.472 e. The summed E-state index contributed by atoms with van der Waals surface area (Å²) in [7, 11) is 1.88. The molecule has 5 heteroatoms. The molecule has 1 aromatic rings. The van der Waals surface area contributed by atoms with Gasteiger partial charge in [0.2, 0.25) is 0 Å². The number of furan rings is 1. The van der Waals surface area contributed by atoms with Gasteiger partial charge in [0.25, 0.3) is 0 Å². The van der Waals surface area contributed by atoms with Crippen molar-refractivity contribution in [2.45, 2.75) is 44.3 Å². The molecular weight excluding hydrogens is 255 g/mol. The molecule has 1 saturated carbocycles. The Morgan fingerprint density at radius 2 is 2.00 bits per heavy atom. The van der Waals surface area contributed by atoms with Crippen molar-refractivity contribution in [2.75, 3.05) is 7.05 Å². The lowest BCUT2D eigenvalue weighted by Gasteiger charge is -2.34. The van der Waals surface area contributed by atoms with E-state index in [1.54, 1.807) is 12.5 Å². The second-order valence-corrected chi connectivity index (χ2v) is 5.38. The van der Waals surface area contributed by atoms with Gasteiger partial charge in [0.1, 0.15) is 0 Å². The van der Waals surface area contributed by atoms with Crippen LogP contribution in [0.25, 0.3) is 0 Å². The maximum absolute atomic E-state index is 12.6. The average Bonchev–Trinajstić information content (AvgIpc) is 2.88. The summed E-state index contributed by atoms with van der Waals surface area (Å²) in [6.07, 6.45) is 1.93. The van der Waals surface area contributed by atoms with E-state index < -0.39 is 12.1 Å². The number of hydrogen-bond acceptors (Lipinski definition) is 2. The summed E-state index contributed by atoms with van der Waals surface area (Å²) in [6.45, 7) is 0. The van der Waals surface area contributed by atoms with Gasteiger partial charge in [-0.3, -0.25) is 0 Å². The maximum atomic E-state index is 12.6. The first-order valence-corrected chi connectivity index (χ1v) is 6.75. The van der Waals surface area contributed by atoms with E-state index in [-0.39, 0.29) is 18.9 Å². The van der Waals surface area contributed by atoms with Crippen LogP contribution in [0.4, 0.5) is 13.2 Å². The van der Waals surface area contributed by atoms with Crippen molar-refractivity contribution >= 4 is 0 Å². The van der Waals surface area contributed by atoms with Crippen LogP contribution in [0.5, 0.6) is 0 Å². The molecule has 19 heavy (non-hydrogen) atoms. The standard InChI is InChI=1S/C14H20F3NO/c1-18-13(8-10-6-7-19-9-10)11-2-4-12(5-3-11)14(15,16)17/h6-7,9,11-13,18H,2-5,8H2,1H3. The molecule has 1 aliphatic carbocycles. The van der Waals surface area contributed by atoms with Crippen molar-refractivity contribution in [3.63, 3.8) is 0 Å². The third-order valence-corrected chi connectivity index (χ3v) is 4.21. The van der Waals surface area contributed by atoms with Gasteiger partial charge in [0.05, 0.1) is 18.4 Å². The molecule has 0 aliphatic heterocycles. The Kier molecular flexibility index (Phi) is 4.55. The Labute approximate surface area is 111 Å². The monoisotopic (exact) mass is 275 g/mol. The van der Waals surface area contributed by atoms with E-state index in [2.05, 4.69) is 5.32 Å². The van der Waals surface area contributed by atoms with Crippen LogP contribution in [0.1, 0.15) is 31.2 Å². The normalized spacial score (nSPS) is 26.3. The molecule has 0 saturated heterocycles. The highest BCUT2D eigenvalue weighted by atomic mass is 19.4. The van der Waals surface area contributed by atoms with Crippen LogP contribution in [0, 0.1) is 11.8 Å². The van der Waals surface area contributed by atoms with Crippen molar-refractivity contribution in [2.24, 2.45) is 11.8 Å². The topological polar surface area (TPSA) is 25.2 Å². The smallest absolute Gasteiger partial charge is 0.391 e. The number of alkyl halides is 3. The zero-order chi connectivity index (χ0) is 13.9. The lowest BCUT2D eigenvalue weighted by Crippen LogP contribution is -2.39. The van der Waals surface area contributed by atoms with Crippen LogP contribution in [0.15, 0.2) is 23.0 Å². The first-order chi connectivity index (χ1) is 9.00. The van der Waals surface area contributed by atoms with Gasteiger partial charge in [0, 0.05) is 6.04 Å². The van der Waals surface area contributed by atoms with Gasteiger partial charge in [-0.05, 0) is 56.7 Å². The number of nitrogens with one attached hydrogen (secondary N) is 1. The summed E-state index contributed by atoms with van der Waals surface area (Å²) < 4.78 is 42.9. The van der Waals surface area contributed by atoms with Crippen molar-refractivity contribution in [3.05, 3.63) is 24.2 Å². The summed E-state index contributed by atoms with van der Waals surface area (Å²) in [5.74, 6) is -0.784. The Morgan fingerprint density at radius 1 is 1.32 bits per heavy atom. The Bertz CT molecular complexity index is 367. The molecule has 2 nitrogen and oxygen atoms in total. The zero-order valence-corrected chi connectivity index (χ0v) is 11.0. The zero-order valence-electron chi connectivity index (χ0n) is 11.0. The van der Waals surface area contributed by atoms with Gasteiger partial charge in [-0.1, -0.05) is 0 Å². The van der Waals surface area contributed by atoms with Crippen molar-refractivity contribution < 1.29 is 17.6 Å². The number of rotatable bonds is 4. The van der Waals surface area contributed by atoms with Gasteiger partial charge < -0.3 is 9.73 Å². The number of likely N-dealkylation sites (N-methyl/N-ethyl adjacent to an activating group) is 1. The van der Waals surface area contributed by atoms with Crippen molar-refractivity contribution in [1.82, 2.24) is 5.32 Å². The predicted octanol–water partition coefficient (Wildman–Crippen LogP) is 3.78. The van der Waals surface area contributed by atoms with Crippen LogP contribution in [-0.2, 0) is 6.42 Å². The molecular formula is C14H20F3NO. The molecule has 1 N–H and O–H groups in total. The van der Waals surface area contributed by atoms with E-state index in [1.165, 1.54) is 0 Å². The van der Waals surface area contributed by atoms with Gasteiger partial charge in [-0.25, -0.2) is 0 Å². The van der Waals surface area contributed by atoms with E-state index in [1.807, 2.05) is 13.1 Å². The summed E-state index contributed by atoms with van der Waals surface area (Å²) in [5, 5.41) is 3.24. The first-order valence-electron chi connectivity index (χ1n) is 6.75. The fourth-order valence-electron chi connectivity index (χ4n) is 3.02. The minimum absolute atomic E-state index is 0.229. The minimum atomic E-state index is -4.02. The van der Waals surface area contributed by atoms with E-state index in [0.717, 1.165) is 12.0 Å². The second kappa shape index (κ2) is 5.99. The quantitative estimate of drug-likeness (QED) is 0.904. The van der Waals surface area contributed by atoms with Gasteiger partial charge in [-0.2, -0.15) is 13.2 Å². The van der Waals surface area contributed by atoms with Gasteiger partial charge in [-0.15, -0.1) is 0 Å². The summed E-state index contributed by atoms with van der Waals surface area (Å²) in [6, 6.07) is 2.14. The highest BCUT2D eigenvalue weighted by Gasteiger charge is 2.42. The lowest BCUT2D eigenvalue weighted by molar-refractivity contribution is -0.184. The third kappa shape index (κ3) is 3.75. The molecule has 1 aromatic heterocycles. The molecule has 0 amide bonds. The van der Waals surface area contributed by atoms with Crippen LogP contribution in [0.3, 0.4) is 0 Å². The molecule has 0 bridgehead atoms. The molecule has 2 rings (SSSR count). The number of halogens is 3. The molecule has 1 aliphatic rings. The van der Waals surface area contributed by atoms with Crippen LogP contribution >= 0.6 is 0 Å². The van der Waals surface area contributed by atoms with Crippen molar-refractivity contribution in [1.29, 1.82) is 0 Å². The minimum Gasteiger partial charge on any atom is -0.472 e. The van der Waals surface area contributed by atoms with Crippen LogP contribution < -0.4 is 5.32 Å². The van der Waals surface area contributed by atoms with E-state index in [4.69, 9.17) is 4.42 Å². The number of hydrogen-bond donors (Lipinski definition) is 1. The van der Waals surface area contributed by atoms with Crippen molar-refractivity contribution in [3.8, 4) is 0 Å². The lowest BCUT2D eigenvalue weighted by atomic mass is 9.77. The Morgan fingerprint density at radius 3 is 2.47 bits per heavy atom. The maximum Gasteiger partial charge on any atom is 0.391 e. The molecule has 1 atom stereocenters. The molecule has 1 heterocycles. The fourth-order valence-corrected chi connectivity index (χ4v) is 3.02. The Hall–Kier alpha value is -0.970. The predicted molar refractivity (Wildman–Crippen MR) is 66.8 cm³/mol. The fraction of sp³-hybridized carbons (Fsp3) is 0.714. The van der Waals surface area contributed by atoms with E-state index in [0.29, 0.717) is 18.8 Å². The highest BCUT2D eigenvalue weighted by molar-refractivity contribution is 5.08.